The van der Waals surface area contributed by atoms with Gasteiger partial charge in [-0.15, -0.1) is 0 Å². The highest BCUT2D eigenvalue weighted by atomic mass is 16.5. The Morgan fingerprint density at radius 1 is 1.24 bits per heavy atom. The Labute approximate surface area is 100 Å². The molecule has 0 bridgehead atoms. The third kappa shape index (κ3) is 5.47. The number of allylic oxidation sites excluding steroid dienone is 1. The Kier molecular flexibility index (Phi) is 5.44. The SMILES string of the molecule is C=CC(=O)CC(=O)OCC=Cc1ccccc1. The number of ketones is 1. The molecule has 0 aliphatic carbocycles. The van der Waals surface area contributed by atoms with Crippen LogP contribution in [0.2, 0.25) is 0 Å². The molecule has 0 saturated carbocycles. The van der Waals surface area contributed by atoms with Crippen LogP contribution in [0.15, 0.2) is 49.1 Å². The summed E-state index contributed by atoms with van der Waals surface area (Å²) in [5, 5.41) is 0. The molecule has 3 nitrogen and oxygen atoms in total. The highest BCUT2D eigenvalue weighted by Gasteiger charge is 2.05. The van der Waals surface area contributed by atoms with Gasteiger partial charge in [0.15, 0.2) is 5.78 Å². The molecule has 0 unspecified atom stereocenters. The molecular formula is C14H14O3. The Morgan fingerprint density at radius 2 is 1.94 bits per heavy atom. The van der Waals surface area contributed by atoms with Crippen LogP contribution in [-0.4, -0.2) is 18.4 Å². The maximum Gasteiger partial charge on any atom is 0.313 e. The second-order valence-electron chi connectivity index (χ2n) is 3.34. The molecule has 1 aromatic rings. The van der Waals surface area contributed by atoms with Crippen LogP contribution >= 0.6 is 0 Å². The van der Waals surface area contributed by atoms with Crippen molar-refractivity contribution in [1.29, 1.82) is 0 Å². The van der Waals surface area contributed by atoms with E-state index in [1.807, 2.05) is 36.4 Å². The average Bonchev–Trinajstić information content (AvgIpc) is 2.36. The van der Waals surface area contributed by atoms with Crippen LogP contribution in [0.4, 0.5) is 0 Å². The largest absolute Gasteiger partial charge is 0.461 e. The van der Waals surface area contributed by atoms with Gasteiger partial charge in [0.1, 0.15) is 13.0 Å². The number of carbonyl (C=O) groups is 2. The lowest BCUT2D eigenvalue weighted by Gasteiger charge is -1.99. The van der Waals surface area contributed by atoms with Gasteiger partial charge >= 0.3 is 5.97 Å². The summed E-state index contributed by atoms with van der Waals surface area (Å²) in [7, 11) is 0. The van der Waals surface area contributed by atoms with Crippen molar-refractivity contribution in [3.05, 3.63) is 54.6 Å². The molecule has 0 amide bonds. The third-order valence-electron chi connectivity index (χ3n) is 2.00. The molecule has 1 aromatic carbocycles. The van der Waals surface area contributed by atoms with E-state index < -0.39 is 5.97 Å². The van der Waals surface area contributed by atoms with E-state index in [0.717, 1.165) is 11.6 Å². The van der Waals surface area contributed by atoms with Crippen molar-refractivity contribution in [1.82, 2.24) is 0 Å². The maximum absolute atomic E-state index is 11.1. The lowest BCUT2D eigenvalue weighted by Crippen LogP contribution is -2.09. The molecule has 3 heteroatoms. The van der Waals surface area contributed by atoms with Gasteiger partial charge in [-0.25, -0.2) is 0 Å². The summed E-state index contributed by atoms with van der Waals surface area (Å²) in [4.78, 5) is 21.9. The molecule has 0 saturated heterocycles. The van der Waals surface area contributed by atoms with Crippen LogP contribution in [0.25, 0.3) is 6.08 Å². The van der Waals surface area contributed by atoms with Crippen LogP contribution in [-0.2, 0) is 14.3 Å². The summed E-state index contributed by atoms with van der Waals surface area (Å²) < 4.78 is 4.84. The first kappa shape index (κ1) is 12.9. The Balaban J connectivity index is 2.28. The zero-order chi connectivity index (χ0) is 12.5. The maximum atomic E-state index is 11.1. The molecule has 0 aliphatic rings. The first-order chi connectivity index (χ1) is 8.22. The van der Waals surface area contributed by atoms with Gasteiger partial charge in [0.2, 0.25) is 0 Å². The standard InChI is InChI=1S/C14H14O3/c1-2-13(15)11-14(16)17-10-6-9-12-7-4-3-5-8-12/h2-9H,1,10-11H2. The van der Waals surface area contributed by atoms with Gasteiger partial charge in [-0.3, -0.25) is 9.59 Å². The fraction of sp³-hybridized carbons (Fsp3) is 0.143. The fourth-order valence-corrected chi connectivity index (χ4v) is 1.15. The Hall–Kier alpha value is -2.16. The van der Waals surface area contributed by atoms with Crippen molar-refractivity contribution in [2.45, 2.75) is 6.42 Å². The molecule has 0 fully saturated rings. The quantitative estimate of drug-likeness (QED) is 0.428. The molecule has 1 rings (SSSR count). The number of benzene rings is 1. The van der Waals surface area contributed by atoms with Gasteiger partial charge in [0, 0.05) is 0 Å². The molecule has 17 heavy (non-hydrogen) atoms. The van der Waals surface area contributed by atoms with Crippen molar-refractivity contribution in [2.75, 3.05) is 6.61 Å². The molecular weight excluding hydrogens is 216 g/mol. The summed E-state index contributed by atoms with van der Waals surface area (Å²) in [6, 6.07) is 9.67. The van der Waals surface area contributed by atoms with Crippen LogP contribution in [0.1, 0.15) is 12.0 Å². The van der Waals surface area contributed by atoms with Crippen molar-refractivity contribution in [2.24, 2.45) is 0 Å². The molecule has 0 N–H and O–H groups in total. The highest BCUT2D eigenvalue weighted by molar-refractivity contribution is 6.01. The minimum Gasteiger partial charge on any atom is -0.461 e. The summed E-state index contributed by atoms with van der Waals surface area (Å²) in [6.07, 6.45) is 4.44. The van der Waals surface area contributed by atoms with E-state index in [4.69, 9.17) is 4.74 Å². The van der Waals surface area contributed by atoms with Crippen molar-refractivity contribution in [3.63, 3.8) is 0 Å². The van der Waals surface area contributed by atoms with Crippen molar-refractivity contribution < 1.29 is 14.3 Å². The minimum absolute atomic E-state index is 0.165. The molecule has 0 aromatic heterocycles. The predicted octanol–water partition coefficient (Wildman–Crippen LogP) is 2.39. The number of ether oxygens (including phenoxy) is 1. The molecule has 0 heterocycles. The van der Waals surface area contributed by atoms with Gasteiger partial charge in [-0.1, -0.05) is 43.0 Å². The topological polar surface area (TPSA) is 43.4 Å². The normalized spacial score (nSPS) is 10.1. The van der Waals surface area contributed by atoms with E-state index in [9.17, 15) is 9.59 Å². The summed E-state index contributed by atoms with van der Waals surface area (Å²) in [6.45, 7) is 3.44. The van der Waals surface area contributed by atoms with Gasteiger partial charge in [0.25, 0.3) is 0 Å². The van der Waals surface area contributed by atoms with E-state index in [1.165, 1.54) is 0 Å². The number of esters is 1. The molecule has 0 spiro atoms. The zero-order valence-electron chi connectivity index (χ0n) is 9.46. The zero-order valence-corrected chi connectivity index (χ0v) is 9.46. The van der Waals surface area contributed by atoms with E-state index in [2.05, 4.69) is 6.58 Å². The van der Waals surface area contributed by atoms with Gasteiger partial charge in [-0.05, 0) is 17.7 Å². The number of hydrogen-bond donors (Lipinski definition) is 0. The summed E-state index contributed by atoms with van der Waals surface area (Å²) >= 11 is 0. The van der Waals surface area contributed by atoms with E-state index in [-0.39, 0.29) is 18.8 Å². The molecule has 0 atom stereocenters. The second-order valence-corrected chi connectivity index (χ2v) is 3.34. The monoisotopic (exact) mass is 230 g/mol. The summed E-state index contributed by atoms with van der Waals surface area (Å²) in [5.41, 5.74) is 1.03. The van der Waals surface area contributed by atoms with Crippen LogP contribution in [0.3, 0.4) is 0 Å². The number of rotatable bonds is 6. The van der Waals surface area contributed by atoms with Crippen LogP contribution in [0, 0.1) is 0 Å². The van der Waals surface area contributed by atoms with Gasteiger partial charge < -0.3 is 4.74 Å². The van der Waals surface area contributed by atoms with Gasteiger partial charge in [0.05, 0.1) is 0 Å². The first-order valence-electron chi connectivity index (χ1n) is 5.25. The number of carbonyl (C=O) groups excluding carboxylic acids is 2. The van der Waals surface area contributed by atoms with E-state index in [1.54, 1.807) is 6.08 Å². The van der Waals surface area contributed by atoms with Gasteiger partial charge in [-0.2, -0.15) is 0 Å². The molecule has 88 valence electrons. The Morgan fingerprint density at radius 3 is 2.59 bits per heavy atom. The van der Waals surface area contributed by atoms with E-state index >= 15 is 0 Å². The predicted molar refractivity (Wildman–Crippen MR) is 66.3 cm³/mol. The highest BCUT2D eigenvalue weighted by Crippen LogP contribution is 2.00. The smallest absolute Gasteiger partial charge is 0.313 e. The van der Waals surface area contributed by atoms with E-state index in [0.29, 0.717) is 0 Å². The second kappa shape index (κ2) is 7.17. The lowest BCUT2D eigenvalue weighted by atomic mass is 10.2. The van der Waals surface area contributed by atoms with Crippen LogP contribution in [0.5, 0.6) is 0 Å². The summed E-state index contributed by atoms with van der Waals surface area (Å²) in [5.74, 6) is -0.866. The number of hydrogen-bond acceptors (Lipinski definition) is 3. The third-order valence-corrected chi connectivity index (χ3v) is 2.00. The average molecular weight is 230 g/mol. The lowest BCUT2D eigenvalue weighted by molar-refractivity contribution is -0.144. The minimum atomic E-state index is -0.535. The first-order valence-corrected chi connectivity index (χ1v) is 5.25. The van der Waals surface area contributed by atoms with Crippen molar-refractivity contribution in [3.8, 4) is 0 Å². The van der Waals surface area contributed by atoms with Crippen molar-refractivity contribution >= 4 is 17.8 Å². The fourth-order valence-electron chi connectivity index (χ4n) is 1.15. The van der Waals surface area contributed by atoms with Crippen LogP contribution < -0.4 is 0 Å². The molecule has 0 radical (unpaired) electrons. The Bertz CT molecular complexity index is 418. The molecule has 0 aliphatic heterocycles.